The van der Waals surface area contributed by atoms with Crippen molar-refractivity contribution in [1.82, 2.24) is 0 Å². The van der Waals surface area contributed by atoms with Crippen molar-refractivity contribution in [3.8, 4) is 0 Å². The molecule has 0 spiro atoms. The monoisotopic (exact) mass is 267 g/mol. The molecule has 0 radical (unpaired) electrons. The Hall–Kier alpha value is -0.680. The number of alkyl halides is 1. The molecule has 1 rings (SSSR count). The van der Waals surface area contributed by atoms with Gasteiger partial charge < -0.3 is 0 Å². The van der Waals surface area contributed by atoms with Gasteiger partial charge >= 0.3 is 0 Å². The molecule has 0 heterocycles. The van der Waals surface area contributed by atoms with Crippen LogP contribution in [0.2, 0.25) is 5.02 Å². The summed E-state index contributed by atoms with van der Waals surface area (Å²) in [4.78, 5) is 9.78. The lowest BCUT2D eigenvalue weighted by Gasteiger charge is -2.01. The highest BCUT2D eigenvalue weighted by molar-refractivity contribution is 9.08. The predicted octanol–water partition coefficient (Wildman–Crippen LogP) is 3.28. The van der Waals surface area contributed by atoms with Crippen molar-refractivity contribution >= 4 is 33.2 Å². The Balaban J connectivity index is 3.38. The van der Waals surface area contributed by atoms with Gasteiger partial charge in [-0.1, -0.05) is 27.5 Å². The first-order chi connectivity index (χ1) is 6.07. The van der Waals surface area contributed by atoms with Gasteiger partial charge in [0.1, 0.15) is 0 Å². The van der Waals surface area contributed by atoms with Crippen molar-refractivity contribution < 1.29 is 9.31 Å². The molecule has 1 aromatic carbocycles. The molecular weight excluding hydrogens is 264 g/mol. The lowest BCUT2D eigenvalue weighted by Crippen LogP contribution is -1.97. The van der Waals surface area contributed by atoms with Crippen LogP contribution in [0.3, 0.4) is 0 Å². The minimum absolute atomic E-state index is 0.0301. The maximum absolute atomic E-state index is 13.2. The van der Waals surface area contributed by atoms with Crippen molar-refractivity contribution in [2.24, 2.45) is 0 Å². The van der Waals surface area contributed by atoms with E-state index in [4.69, 9.17) is 11.6 Å². The summed E-state index contributed by atoms with van der Waals surface area (Å²) in [6.45, 7) is 0. The summed E-state index contributed by atoms with van der Waals surface area (Å²) in [5.74, 6) is -0.743. The van der Waals surface area contributed by atoms with Gasteiger partial charge in [0.2, 0.25) is 0 Å². The molecule has 0 aromatic heterocycles. The number of nitrogens with zero attached hydrogens (tertiary/aromatic N) is 1. The van der Waals surface area contributed by atoms with Crippen LogP contribution in [-0.4, -0.2) is 4.92 Å². The van der Waals surface area contributed by atoms with E-state index in [1.54, 1.807) is 0 Å². The number of hydrogen-bond donors (Lipinski definition) is 0. The second-order valence-corrected chi connectivity index (χ2v) is 3.22. The average molecular weight is 268 g/mol. The number of nitro benzene ring substituents is 1. The van der Waals surface area contributed by atoms with Crippen molar-refractivity contribution in [2.45, 2.75) is 5.33 Å². The van der Waals surface area contributed by atoms with Crippen LogP contribution in [0.15, 0.2) is 12.1 Å². The molecule has 13 heavy (non-hydrogen) atoms. The van der Waals surface area contributed by atoms with Crippen LogP contribution in [0.1, 0.15) is 5.56 Å². The standard InChI is InChI=1S/C7H4BrClFNO2/c8-3-4-6(11(12)13)2-1-5(9)7(4)10/h1-2H,3H2. The third kappa shape index (κ3) is 1.97. The van der Waals surface area contributed by atoms with Gasteiger partial charge in [-0.2, -0.15) is 0 Å². The highest BCUT2D eigenvalue weighted by atomic mass is 79.9. The Morgan fingerprint density at radius 1 is 1.62 bits per heavy atom. The van der Waals surface area contributed by atoms with Crippen LogP contribution in [0.25, 0.3) is 0 Å². The van der Waals surface area contributed by atoms with Crippen LogP contribution >= 0.6 is 27.5 Å². The van der Waals surface area contributed by atoms with E-state index in [0.717, 1.165) is 0 Å². The highest BCUT2D eigenvalue weighted by Crippen LogP contribution is 2.28. The van der Waals surface area contributed by atoms with Crippen molar-refractivity contribution in [3.63, 3.8) is 0 Å². The molecule has 0 aliphatic carbocycles. The summed E-state index contributed by atoms with van der Waals surface area (Å²) < 4.78 is 13.2. The summed E-state index contributed by atoms with van der Waals surface area (Å²) in [6.07, 6.45) is 0. The van der Waals surface area contributed by atoms with Gasteiger partial charge in [0.25, 0.3) is 5.69 Å². The molecule has 0 aliphatic rings. The number of benzene rings is 1. The van der Waals surface area contributed by atoms with Gasteiger partial charge in [-0.15, -0.1) is 0 Å². The largest absolute Gasteiger partial charge is 0.276 e. The SMILES string of the molecule is O=[N+]([O-])c1ccc(Cl)c(F)c1CBr. The first-order valence-corrected chi connectivity index (χ1v) is 4.75. The van der Waals surface area contributed by atoms with Gasteiger partial charge in [-0.3, -0.25) is 10.1 Å². The van der Waals surface area contributed by atoms with Crippen LogP contribution in [0.4, 0.5) is 10.1 Å². The van der Waals surface area contributed by atoms with Crippen LogP contribution < -0.4 is 0 Å². The normalized spacial score (nSPS) is 10.1. The fraction of sp³-hybridized carbons (Fsp3) is 0.143. The molecule has 0 saturated carbocycles. The van der Waals surface area contributed by atoms with E-state index in [2.05, 4.69) is 15.9 Å². The fourth-order valence-electron chi connectivity index (χ4n) is 0.881. The molecule has 0 N–H and O–H groups in total. The molecule has 0 aliphatic heterocycles. The molecule has 70 valence electrons. The zero-order valence-corrected chi connectivity index (χ0v) is 8.60. The molecule has 0 atom stereocenters. The van der Waals surface area contributed by atoms with E-state index < -0.39 is 10.7 Å². The predicted molar refractivity (Wildman–Crippen MR) is 50.7 cm³/mol. The smallest absolute Gasteiger partial charge is 0.258 e. The number of halogens is 3. The van der Waals surface area contributed by atoms with Crippen molar-refractivity contribution in [3.05, 3.63) is 38.7 Å². The molecule has 0 saturated heterocycles. The molecule has 0 amide bonds. The van der Waals surface area contributed by atoms with Gasteiger partial charge in [0.05, 0.1) is 15.5 Å². The van der Waals surface area contributed by atoms with Gasteiger partial charge in [-0.25, -0.2) is 4.39 Å². The second-order valence-electron chi connectivity index (χ2n) is 2.25. The Morgan fingerprint density at radius 3 is 2.69 bits per heavy atom. The summed E-state index contributed by atoms with van der Waals surface area (Å²) in [5.41, 5.74) is -0.295. The Morgan fingerprint density at radius 2 is 2.23 bits per heavy atom. The minimum Gasteiger partial charge on any atom is -0.258 e. The molecule has 1 aromatic rings. The van der Waals surface area contributed by atoms with E-state index in [0.29, 0.717) is 0 Å². The third-order valence-corrected chi connectivity index (χ3v) is 2.35. The van der Waals surface area contributed by atoms with E-state index in [1.807, 2.05) is 0 Å². The molecule has 0 bridgehead atoms. The molecule has 3 nitrogen and oxygen atoms in total. The second kappa shape index (κ2) is 4.02. The number of rotatable bonds is 2. The van der Waals surface area contributed by atoms with Crippen LogP contribution in [0.5, 0.6) is 0 Å². The Labute approximate surface area is 86.8 Å². The zero-order chi connectivity index (χ0) is 10.0. The van der Waals surface area contributed by atoms with Gasteiger partial charge in [0.15, 0.2) is 5.82 Å². The topological polar surface area (TPSA) is 43.1 Å². The Bertz CT molecular complexity index is 359. The van der Waals surface area contributed by atoms with E-state index >= 15 is 0 Å². The first-order valence-electron chi connectivity index (χ1n) is 3.25. The van der Waals surface area contributed by atoms with E-state index in [1.165, 1.54) is 12.1 Å². The number of hydrogen-bond acceptors (Lipinski definition) is 2. The first kappa shape index (κ1) is 10.4. The van der Waals surface area contributed by atoms with E-state index in [9.17, 15) is 14.5 Å². The summed E-state index contributed by atoms with van der Waals surface area (Å²) >= 11 is 8.41. The average Bonchev–Trinajstić information content (AvgIpc) is 2.09. The number of nitro groups is 1. The summed E-state index contributed by atoms with van der Waals surface area (Å²) in [7, 11) is 0. The maximum atomic E-state index is 13.2. The Kier molecular flexibility index (Phi) is 3.22. The van der Waals surface area contributed by atoms with Gasteiger partial charge in [0, 0.05) is 11.4 Å². The third-order valence-electron chi connectivity index (χ3n) is 1.50. The molecule has 6 heteroatoms. The van der Waals surface area contributed by atoms with E-state index in [-0.39, 0.29) is 21.6 Å². The lowest BCUT2D eigenvalue weighted by molar-refractivity contribution is -0.385. The van der Waals surface area contributed by atoms with Crippen molar-refractivity contribution in [1.29, 1.82) is 0 Å². The molecule has 0 fully saturated rings. The molecule has 0 unspecified atom stereocenters. The highest BCUT2D eigenvalue weighted by Gasteiger charge is 2.18. The van der Waals surface area contributed by atoms with Crippen LogP contribution in [-0.2, 0) is 5.33 Å². The van der Waals surface area contributed by atoms with Crippen molar-refractivity contribution in [2.75, 3.05) is 0 Å². The fourth-order valence-corrected chi connectivity index (χ4v) is 1.59. The lowest BCUT2D eigenvalue weighted by atomic mass is 10.2. The minimum atomic E-state index is -0.743. The maximum Gasteiger partial charge on any atom is 0.276 e. The summed E-state index contributed by atoms with van der Waals surface area (Å²) in [6, 6.07) is 2.35. The molecular formula is C7H4BrClFNO2. The quantitative estimate of drug-likeness (QED) is 0.469. The zero-order valence-electron chi connectivity index (χ0n) is 6.26. The van der Waals surface area contributed by atoms with Gasteiger partial charge in [-0.05, 0) is 6.07 Å². The summed E-state index contributed by atoms with van der Waals surface area (Å²) in [5, 5.41) is 10.4. The van der Waals surface area contributed by atoms with Crippen LogP contribution in [0, 0.1) is 15.9 Å².